The van der Waals surface area contributed by atoms with E-state index in [0.717, 1.165) is 25.9 Å². The molecule has 1 saturated heterocycles. The highest BCUT2D eigenvalue weighted by Gasteiger charge is 2.22. The summed E-state index contributed by atoms with van der Waals surface area (Å²) in [5.74, 6) is 0. The van der Waals surface area contributed by atoms with Crippen LogP contribution in [0.5, 0.6) is 0 Å². The predicted molar refractivity (Wildman–Crippen MR) is 59.9 cm³/mol. The first kappa shape index (κ1) is 12.3. The number of urea groups is 1. The first-order valence-corrected chi connectivity index (χ1v) is 5.76. The van der Waals surface area contributed by atoms with Crippen LogP contribution in [0.15, 0.2) is 0 Å². The van der Waals surface area contributed by atoms with E-state index in [0.29, 0.717) is 19.3 Å². The van der Waals surface area contributed by atoms with Gasteiger partial charge in [0.15, 0.2) is 0 Å². The Morgan fingerprint density at radius 3 is 2.60 bits per heavy atom. The molecular weight excluding hydrogens is 192 g/mol. The number of rotatable bonds is 3. The Balaban J connectivity index is 2.43. The molecule has 0 bridgehead atoms. The van der Waals surface area contributed by atoms with E-state index in [1.165, 1.54) is 0 Å². The number of carbonyl (C=O) groups is 1. The number of amides is 2. The summed E-state index contributed by atoms with van der Waals surface area (Å²) in [5, 5.41) is 0. The molecule has 15 heavy (non-hydrogen) atoms. The first-order chi connectivity index (χ1) is 7.16. The third kappa shape index (κ3) is 3.38. The van der Waals surface area contributed by atoms with Crippen molar-refractivity contribution in [3.05, 3.63) is 0 Å². The molecule has 1 aliphatic heterocycles. The number of hydrogen-bond acceptors (Lipinski definition) is 2. The zero-order valence-corrected chi connectivity index (χ0v) is 10.0. The van der Waals surface area contributed by atoms with E-state index in [2.05, 4.69) is 13.8 Å². The van der Waals surface area contributed by atoms with E-state index in [1.54, 1.807) is 0 Å². The summed E-state index contributed by atoms with van der Waals surface area (Å²) in [5.41, 5.74) is 0. The normalized spacial score (nSPS) is 18.7. The van der Waals surface area contributed by atoms with Gasteiger partial charge in [-0.3, -0.25) is 0 Å². The fraction of sp³-hybridized carbons (Fsp3) is 0.909. The van der Waals surface area contributed by atoms with Crippen molar-refractivity contribution >= 4 is 6.03 Å². The summed E-state index contributed by atoms with van der Waals surface area (Å²) in [7, 11) is 1.89. The molecule has 1 fully saturated rings. The lowest BCUT2D eigenvalue weighted by Gasteiger charge is -2.33. The van der Waals surface area contributed by atoms with Gasteiger partial charge in [0, 0.05) is 26.2 Å². The van der Waals surface area contributed by atoms with E-state index in [1.807, 2.05) is 16.8 Å². The van der Waals surface area contributed by atoms with E-state index in [-0.39, 0.29) is 6.03 Å². The van der Waals surface area contributed by atoms with Crippen molar-refractivity contribution in [2.45, 2.75) is 32.7 Å². The minimum absolute atomic E-state index is 0.138. The molecule has 1 aliphatic rings. The molecular formula is C11H22N2O2. The summed E-state index contributed by atoms with van der Waals surface area (Å²) in [4.78, 5) is 15.7. The molecule has 0 aromatic rings. The van der Waals surface area contributed by atoms with Gasteiger partial charge >= 0.3 is 6.03 Å². The third-order valence-electron chi connectivity index (χ3n) is 2.95. The molecule has 2 amide bonds. The lowest BCUT2D eigenvalue weighted by Crippen LogP contribution is -2.49. The van der Waals surface area contributed by atoms with E-state index in [4.69, 9.17) is 4.74 Å². The average Bonchev–Trinajstić information content (AvgIpc) is 2.28. The van der Waals surface area contributed by atoms with Gasteiger partial charge in [0.2, 0.25) is 0 Å². The van der Waals surface area contributed by atoms with Crippen LogP contribution in [0.1, 0.15) is 26.7 Å². The molecule has 1 rings (SSSR count). The Hall–Kier alpha value is -0.770. The van der Waals surface area contributed by atoms with Crippen LogP contribution in [0.25, 0.3) is 0 Å². The summed E-state index contributed by atoms with van der Waals surface area (Å²) >= 11 is 0. The van der Waals surface area contributed by atoms with Crippen LogP contribution in [0.2, 0.25) is 0 Å². The number of hydrogen-bond donors (Lipinski definition) is 0. The molecule has 0 aliphatic carbocycles. The van der Waals surface area contributed by atoms with Gasteiger partial charge in [0.25, 0.3) is 0 Å². The second-order valence-corrected chi connectivity index (χ2v) is 4.13. The summed E-state index contributed by atoms with van der Waals surface area (Å²) < 4.78 is 5.23. The molecule has 0 aromatic heterocycles. The Labute approximate surface area is 92.2 Å². The van der Waals surface area contributed by atoms with E-state index >= 15 is 0 Å². The molecule has 0 aromatic carbocycles. The van der Waals surface area contributed by atoms with E-state index in [9.17, 15) is 4.79 Å². The lowest BCUT2D eigenvalue weighted by atomic mass is 10.2. The molecule has 1 unspecified atom stereocenters. The molecule has 4 heteroatoms. The van der Waals surface area contributed by atoms with Gasteiger partial charge in [-0.25, -0.2) is 4.79 Å². The molecule has 0 N–H and O–H groups in total. The summed E-state index contributed by atoms with van der Waals surface area (Å²) in [6.07, 6.45) is 2.18. The van der Waals surface area contributed by atoms with Crippen LogP contribution in [0.3, 0.4) is 0 Å². The second-order valence-electron chi connectivity index (χ2n) is 4.13. The summed E-state index contributed by atoms with van der Waals surface area (Å²) in [6, 6.07) is 0.463. The zero-order valence-electron chi connectivity index (χ0n) is 10.0. The maximum Gasteiger partial charge on any atom is 0.320 e. The molecule has 0 spiro atoms. The minimum Gasteiger partial charge on any atom is -0.378 e. The average molecular weight is 214 g/mol. The molecule has 1 heterocycles. The van der Waals surface area contributed by atoms with Crippen molar-refractivity contribution in [1.29, 1.82) is 0 Å². The molecule has 88 valence electrons. The standard InChI is InChI=1S/C11H22N2O2/c1-4-5-10(2)12(3)11(14)13-6-8-15-9-7-13/h10H,4-9H2,1-3H3. The Morgan fingerprint density at radius 2 is 2.07 bits per heavy atom. The third-order valence-corrected chi connectivity index (χ3v) is 2.95. The van der Waals surface area contributed by atoms with E-state index < -0.39 is 0 Å². The van der Waals surface area contributed by atoms with Gasteiger partial charge < -0.3 is 14.5 Å². The van der Waals surface area contributed by atoms with Crippen molar-refractivity contribution in [2.24, 2.45) is 0 Å². The molecule has 0 radical (unpaired) electrons. The number of nitrogens with zero attached hydrogens (tertiary/aromatic N) is 2. The largest absolute Gasteiger partial charge is 0.378 e. The molecule has 4 nitrogen and oxygen atoms in total. The second kappa shape index (κ2) is 5.95. The lowest BCUT2D eigenvalue weighted by molar-refractivity contribution is 0.0423. The van der Waals surface area contributed by atoms with Gasteiger partial charge in [-0.2, -0.15) is 0 Å². The fourth-order valence-electron chi connectivity index (χ4n) is 1.78. The van der Waals surface area contributed by atoms with Crippen LogP contribution in [0.4, 0.5) is 4.79 Å². The topological polar surface area (TPSA) is 32.8 Å². The van der Waals surface area contributed by atoms with Gasteiger partial charge in [0.05, 0.1) is 13.2 Å². The maximum absolute atomic E-state index is 12.0. The molecule has 1 atom stereocenters. The molecule has 0 saturated carbocycles. The van der Waals surface area contributed by atoms with Gasteiger partial charge in [0.1, 0.15) is 0 Å². The van der Waals surface area contributed by atoms with Gasteiger partial charge in [-0.05, 0) is 13.3 Å². The highest BCUT2D eigenvalue weighted by molar-refractivity contribution is 5.74. The van der Waals surface area contributed by atoms with Gasteiger partial charge in [-0.15, -0.1) is 0 Å². The van der Waals surface area contributed by atoms with Crippen molar-refractivity contribution in [3.63, 3.8) is 0 Å². The fourth-order valence-corrected chi connectivity index (χ4v) is 1.78. The van der Waals surface area contributed by atoms with Gasteiger partial charge in [-0.1, -0.05) is 13.3 Å². The highest BCUT2D eigenvalue weighted by atomic mass is 16.5. The van der Waals surface area contributed by atoms with Crippen LogP contribution >= 0.6 is 0 Å². The minimum atomic E-state index is 0.138. The van der Waals surface area contributed by atoms with Crippen LogP contribution in [-0.4, -0.2) is 55.2 Å². The predicted octanol–water partition coefficient (Wildman–Crippen LogP) is 1.56. The Kier molecular flexibility index (Phi) is 4.88. The Morgan fingerprint density at radius 1 is 1.47 bits per heavy atom. The number of carbonyl (C=O) groups excluding carboxylic acids is 1. The monoisotopic (exact) mass is 214 g/mol. The SMILES string of the molecule is CCCC(C)N(C)C(=O)N1CCOCC1. The van der Waals surface area contributed by atoms with Crippen molar-refractivity contribution < 1.29 is 9.53 Å². The highest BCUT2D eigenvalue weighted by Crippen LogP contribution is 2.08. The Bertz CT molecular complexity index is 203. The number of morpholine rings is 1. The maximum atomic E-state index is 12.0. The smallest absolute Gasteiger partial charge is 0.320 e. The zero-order chi connectivity index (χ0) is 11.3. The number of ether oxygens (including phenoxy) is 1. The summed E-state index contributed by atoms with van der Waals surface area (Å²) in [6.45, 7) is 7.03. The van der Waals surface area contributed by atoms with Crippen molar-refractivity contribution in [2.75, 3.05) is 33.4 Å². The van der Waals surface area contributed by atoms with Crippen molar-refractivity contribution in [3.8, 4) is 0 Å². The quantitative estimate of drug-likeness (QED) is 0.714. The van der Waals surface area contributed by atoms with Crippen LogP contribution < -0.4 is 0 Å². The van der Waals surface area contributed by atoms with Crippen molar-refractivity contribution in [1.82, 2.24) is 9.80 Å². The first-order valence-electron chi connectivity index (χ1n) is 5.76. The van der Waals surface area contributed by atoms with Crippen LogP contribution in [0, 0.1) is 0 Å². The van der Waals surface area contributed by atoms with Crippen LogP contribution in [-0.2, 0) is 4.74 Å².